The number of ether oxygens (including phenoxy) is 1. The summed E-state index contributed by atoms with van der Waals surface area (Å²) in [5.74, 6) is -0.0821. The van der Waals surface area contributed by atoms with E-state index in [1.165, 1.54) is 23.3 Å². The van der Waals surface area contributed by atoms with Gasteiger partial charge in [0.1, 0.15) is 11.5 Å². The molecule has 2 heterocycles. The number of carbonyl (C=O) groups is 3. The van der Waals surface area contributed by atoms with Crippen LogP contribution in [0, 0.1) is 6.92 Å². The van der Waals surface area contributed by atoms with Crippen LogP contribution in [0.2, 0.25) is 0 Å². The number of furan rings is 1. The summed E-state index contributed by atoms with van der Waals surface area (Å²) in [6, 6.07) is 12.9. The minimum absolute atomic E-state index is 0.0710. The largest absolute Gasteiger partial charge is 0.465 e. The molecule has 2 aromatic heterocycles. The molecule has 0 bridgehead atoms. The van der Waals surface area contributed by atoms with Gasteiger partial charge in [-0.15, -0.1) is 11.3 Å². The molecule has 1 atom stereocenters. The van der Waals surface area contributed by atoms with E-state index in [1.54, 1.807) is 43.3 Å². The summed E-state index contributed by atoms with van der Waals surface area (Å²) < 4.78 is 10.7. The Kier molecular flexibility index (Phi) is 7.47. The number of hydrogen-bond donors (Lipinski definition) is 1. The summed E-state index contributed by atoms with van der Waals surface area (Å²) >= 11 is 1.48. The molecule has 2 amide bonds. The molecule has 1 fully saturated rings. The third-order valence-electron chi connectivity index (χ3n) is 5.96. The third-order valence-corrected chi connectivity index (χ3v) is 6.83. The molecular formula is C26H28N2O5S. The molecule has 0 unspecified atom stereocenters. The Bertz CT molecular complexity index is 1150. The lowest BCUT2D eigenvalue weighted by Gasteiger charge is -2.31. The zero-order chi connectivity index (χ0) is 24.1. The van der Waals surface area contributed by atoms with Crippen molar-refractivity contribution in [2.24, 2.45) is 0 Å². The number of carbonyl (C=O) groups excluding carboxylic acids is 3. The molecule has 7 nitrogen and oxygen atoms in total. The molecule has 0 saturated heterocycles. The molecule has 1 aliphatic rings. The second-order valence-electron chi connectivity index (χ2n) is 8.40. The van der Waals surface area contributed by atoms with Crippen molar-refractivity contribution in [2.45, 2.75) is 51.1 Å². The Morgan fingerprint density at radius 1 is 1.15 bits per heavy atom. The van der Waals surface area contributed by atoms with Gasteiger partial charge in [0.25, 0.3) is 5.91 Å². The van der Waals surface area contributed by atoms with Crippen molar-refractivity contribution in [2.75, 3.05) is 12.0 Å². The Morgan fingerprint density at radius 3 is 2.59 bits per heavy atom. The van der Waals surface area contributed by atoms with Gasteiger partial charge in [0.15, 0.2) is 6.04 Å². The van der Waals surface area contributed by atoms with Crippen LogP contribution in [0.1, 0.15) is 58.5 Å². The molecule has 178 valence electrons. The van der Waals surface area contributed by atoms with Crippen LogP contribution in [0.25, 0.3) is 0 Å². The van der Waals surface area contributed by atoms with Crippen LogP contribution in [-0.2, 0) is 20.7 Å². The number of aryl methyl sites for hydroxylation is 1. The molecule has 0 aliphatic heterocycles. The van der Waals surface area contributed by atoms with E-state index in [1.807, 2.05) is 17.5 Å². The topological polar surface area (TPSA) is 88.8 Å². The Balaban J connectivity index is 1.77. The van der Waals surface area contributed by atoms with Gasteiger partial charge in [0.05, 0.1) is 19.1 Å². The van der Waals surface area contributed by atoms with Crippen molar-refractivity contribution >= 4 is 34.8 Å². The average molecular weight is 481 g/mol. The number of benzene rings is 1. The lowest BCUT2D eigenvalue weighted by molar-refractivity contribution is -0.127. The number of esters is 1. The average Bonchev–Trinajstić information content (AvgIpc) is 3.61. The van der Waals surface area contributed by atoms with E-state index >= 15 is 0 Å². The summed E-state index contributed by atoms with van der Waals surface area (Å²) in [5, 5.41) is 5.03. The van der Waals surface area contributed by atoms with Gasteiger partial charge in [0.2, 0.25) is 5.91 Å². The molecule has 0 radical (unpaired) electrons. The van der Waals surface area contributed by atoms with E-state index in [9.17, 15) is 14.4 Å². The van der Waals surface area contributed by atoms with Gasteiger partial charge in [-0.25, -0.2) is 4.79 Å². The van der Waals surface area contributed by atoms with Crippen molar-refractivity contribution in [1.29, 1.82) is 0 Å². The van der Waals surface area contributed by atoms with Crippen molar-refractivity contribution in [3.8, 4) is 0 Å². The van der Waals surface area contributed by atoms with Crippen molar-refractivity contribution in [3.63, 3.8) is 0 Å². The number of thiophene rings is 1. The van der Waals surface area contributed by atoms with E-state index in [4.69, 9.17) is 9.15 Å². The quantitative estimate of drug-likeness (QED) is 0.467. The molecule has 4 rings (SSSR count). The van der Waals surface area contributed by atoms with Gasteiger partial charge < -0.3 is 14.5 Å². The standard InChI is InChI=1S/C26H28N2O5S/c1-17-12-13-22(33-17)24(25(30)27-19-8-3-4-9-19)28(23(29)16-21-11-6-14-34-21)20-10-5-7-18(15-20)26(31)32-2/h5-7,10-15,19,24H,3-4,8-9,16H2,1-2H3,(H,27,30)/t24-/m0/s1. The van der Waals surface area contributed by atoms with E-state index < -0.39 is 12.0 Å². The summed E-state index contributed by atoms with van der Waals surface area (Å²) in [6.45, 7) is 1.80. The summed E-state index contributed by atoms with van der Waals surface area (Å²) in [5.41, 5.74) is 0.713. The van der Waals surface area contributed by atoms with E-state index in [0.717, 1.165) is 30.6 Å². The normalized spacial score (nSPS) is 14.5. The minimum atomic E-state index is -1.02. The van der Waals surface area contributed by atoms with Crippen molar-refractivity contribution < 1.29 is 23.5 Å². The highest BCUT2D eigenvalue weighted by atomic mass is 32.1. The van der Waals surface area contributed by atoms with Gasteiger partial charge in [-0.1, -0.05) is 25.0 Å². The number of nitrogens with zero attached hydrogens (tertiary/aromatic N) is 1. The lowest BCUT2D eigenvalue weighted by Crippen LogP contribution is -2.46. The Labute approximate surface area is 202 Å². The molecular weight excluding hydrogens is 452 g/mol. The van der Waals surface area contributed by atoms with Crippen molar-refractivity contribution in [1.82, 2.24) is 5.32 Å². The highest BCUT2D eigenvalue weighted by molar-refractivity contribution is 7.10. The van der Waals surface area contributed by atoms with E-state index in [-0.39, 0.29) is 24.3 Å². The second kappa shape index (κ2) is 10.7. The molecule has 0 spiro atoms. The predicted molar refractivity (Wildman–Crippen MR) is 130 cm³/mol. The Hall–Kier alpha value is -3.39. The van der Waals surface area contributed by atoms with Crippen LogP contribution in [0.4, 0.5) is 5.69 Å². The summed E-state index contributed by atoms with van der Waals surface area (Å²) in [7, 11) is 1.30. The van der Waals surface area contributed by atoms with Crippen LogP contribution in [0.3, 0.4) is 0 Å². The molecule has 34 heavy (non-hydrogen) atoms. The summed E-state index contributed by atoms with van der Waals surface area (Å²) in [4.78, 5) is 41.9. The van der Waals surface area contributed by atoms with Gasteiger partial charge in [-0.3, -0.25) is 14.5 Å². The summed E-state index contributed by atoms with van der Waals surface area (Å²) in [6.07, 6.45) is 4.08. The SMILES string of the molecule is COC(=O)c1cccc(N(C(=O)Cc2cccs2)[C@H](C(=O)NC2CCCC2)c2ccc(C)o2)c1. The second-order valence-corrected chi connectivity index (χ2v) is 9.43. The highest BCUT2D eigenvalue weighted by Crippen LogP contribution is 2.32. The first kappa shape index (κ1) is 23.8. The number of nitrogens with one attached hydrogen (secondary N) is 1. The van der Waals surface area contributed by atoms with Gasteiger partial charge >= 0.3 is 5.97 Å². The first-order chi connectivity index (χ1) is 16.5. The lowest BCUT2D eigenvalue weighted by atomic mass is 10.1. The molecule has 1 N–H and O–H groups in total. The van der Waals surface area contributed by atoms with Gasteiger partial charge in [-0.2, -0.15) is 0 Å². The van der Waals surface area contributed by atoms with Crippen LogP contribution in [0.15, 0.2) is 58.3 Å². The van der Waals surface area contributed by atoms with Crippen LogP contribution in [0.5, 0.6) is 0 Å². The maximum Gasteiger partial charge on any atom is 0.337 e. The van der Waals surface area contributed by atoms with Crippen LogP contribution < -0.4 is 10.2 Å². The zero-order valence-corrected chi connectivity index (χ0v) is 20.1. The number of hydrogen-bond acceptors (Lipinski definition) is 6. The predicted octanol–water partition coefficient (Wildman–Crippen LogP) is 4.81. The molecule has 1 aliphatic carbocycles. The number of methoxy groups -OCH3 is 1. The molecule has 1 saturated carbocycles. The zero-order valence-electron chi connectivity index (χ0n) is 19.3. The first-order valence-electron chi connectivity index (χ1n) is 11.4. The van der Waals surface area contributed by atoms with Gasteiger partial charge in [0, 0.05) is 16.6 Å². The molecule has 8 heteroatoms. The fourth-order valence-electron chi connectivity index (χ4n) is 4.31. The molecule has 3 aromatic rings. The fraction of sp³-hybridized carbons (Fsp3) is 0.346. The maximum atomic E-state index is 13.7. The highest BCUT2D eigenvalue weighted by Gasteiger charge is 2.36. The fourth-order valence-corrected chi connectivity index (χ4v) is 5.01. The van der Waals surface area contributed by atoms with Crippen molar-refractivity contribution in [3.05, 3.63) is 75.9 Å². The number of rotatable bonds is 8. The smallest absolute Gasteiger partial charge is 0.337 e. The van der Waals surface area contributed by atoms with Gasteiger partial charge in [-0.05, 0) is 61.5 Å². The van der Waals surface area contributed by atoms with E-state index in [2.05, 4.69) is 5.32 Å². The number of amides is 2. The van der Waals surface area contributed by atoms with E-state index in [0.29, 0.717) is 22.8 Å². The monoisotopic (exact) mass is 480 g/mol. The minimum Gasteiger partial charge on any atom is -0.465 e. The number of anilines is 1. The first-order valence-corrected chi connectivity index (χ1v) is 12.2. The molecule has 1 aromatic carbocycles. The maximum absolute atomic E-state index is 13.7. The van der Waals surface area contributed by atoms with Crippen LogP contribution in [-0.4, -0.2) is 30.9 Å². The third kappa shape index (κ3) is 5.39. The Morgan fingerprint density at radius 2 is 1.94 bits per heavy atom. The van der Waals surface area contributed by atoms with Crippen LogP contribution >= 0.6 is 11.3 Å².